The molecule has 1 heterocycles. The normalized spacial score (nSPS) is 11.1. The van der Waals surface area contributed by atoms with Crippen LogP contribution in [0, 0.1) is 11.3 Å². The van der Waals surface area contributed by atoms with E-state index in [0.29, 0.717) is 37.2 Å². The van der Waals surface area contributed by atoms with Crippen LogP contribution in [0.15, 0.2) is 72.9 Å². The lowest BCUT2D eigenvalue weighted by atomic mass is 10.1. The number of alkyl carbamates (subject to hydrolysis) is 1. The average molecular weight is 540 g/mol. The van der Waals surface area contributed by atoms with Crippen LogP contribution in [0.4, 0.5) is 4.79 Å². The summed E-state index contributed by atoms with van der Waals surface area (Å²) in [6.45, 7) is 6.88. The first kappa shape index (κ1) is 28.2. The molecule has 0 fully saturated rings. The van der Waals surface area contributed by atoms with Gasteiger partial charge in [0, 0.05) is 30.2 Å². The van der Waals surface area contributed by atoms with Crippen molar-refractivity contribution >= 4 is 23.0 Å². The van der Waals surface area contributed by atoms with E-state index in [0.717, 1.165) is 33.3 Å². The van der Waals surface area contributed by atoms with E-state index in [1.165, 1.54) is 7.11 Å². The number of hydrogen-bond donors (Lipinski definition) is 1. The number of ether oxygens (including phenoxy) is 3. The fourth-order valence-electron chi connectivity index (χ4n) is 4.29. The van der Waals surface area contributed by atoms with Crippen molar-refractivity contribution in [2.75, 3.05) is 13.7 Å². The van der Waals surface area contributed by atoms with E-state index >= 15 is 0 Å². The Morgan fingerprint density at radius 3 is 2.33 bits per heavy atom. The maximum atomic E-state index is 12.2. The first-order valence-corrected chi connectivity index (χ1v) is 13.0. The minimum absolute atomic E-state index is 0.369. The molecule has 0 spiro atoms. The fraction of sp³-hybridized carbons (Fsp3) is 0.281. The molecule has 1 amide bonds. The number of nitrogens with one attached hydrogen (secondary N) is 1. The number of methoxy groups -OCH3 is 1. The Bertz CT molecular complexity index is 1520. The summed E-state index contributed by atoms with van der Waals surface area (Å²) in [7, 11) is 1.36. The second-order valence-corrected chi connectivity index (χ2v) is 10.4. The van der Waals surface area contributed by atoms with Crippen molar-refractivity contribution in [3.63, 3.8) is 0 Å². The van der Waals surface area contributed by atoms with Gasteiger partial charge < -0.3 is 24.1 Å². The molecule has 40 heavy (non-hydrogen) atoms. The molecular formula is C32H33N3O5. The van der Waals surface area contributed by atoms with Gasteiger partial charge >= 0.3 is 12.1 Å². The van der Waals surface area contributed by atoms with Crippen molar-refractivity contribution in [2.24, 2.45) is 0 Å². The van der Waals surface area contributed by atoms with Crippen LogP contribution in [0.5, 0.6) is 5.75 Å². The highest BCUT2D eigenvalue weighted by molar-refractivity contribution is 5.89. The lowest BCUT2D eigenvalue weighted by Crippen LogP contribution is -2.33. The maximum absolute atomic E-state index is 12.2. The molecule has 0 radical (unpaired) electrons. The smallest absolute Gasteiger partial charge is 0.407 e. The Kier molecular flexibility index (Phi) is 8.75. The minimum atomic E-state index is -0.565. The third-order valence-corrected chi connectivity index (χ3v) is 6.21. The van der Waals surface area contributed by atoms with Crippen LogP contribution in [0.1, 0.15) is 53.4 Å². The summed E-state index contributed by atoms with van der Waals surface area (Å²) in [5.41, 5.74) is 4.62. The van der Waals surface area contributed by atoms with Crippen molar-refractivity contribution in [2.45, 2.75) is 45.9 Å². The van der Waals surface area contributed by atoms with Crippen LogP contribution in [-0.4, -0.2) is 35.9 Å². The number of nitrogens with zero attached hydrogens (tertiary/aromatic N) is 2. The second kappa shape index (κ2) is 12.4. The molecule has 0 saturated heterocycles. The zero-order valence-electron chi connectivity index (χ0n) is 23.2. The molecule has 4 rings (SSSR count). The van der Waals surface area contributed by atoms with Crippen LogP contribution in [-0.2, 0) is 29.0 Å². The van der Waals surface area contributed by atoms with Crippen molar-refractivity contribution in [1.29, 1.82) is 5.26 Å². The summed E-state index contributed by atoms with van der Waals surface area (Å²) in [5.74, 6) is 0.352. The molecule has 4 aromatic rings. The zero-order valence-corrected chi connectivity index (χ0v) is 23.2. The van der Waals surface area contributed by atoms with Gasteiger partial charge in [-0.1, -0.05) is 24.3 Å². The summed E-state index contributed by atoms with van der Waals surface area (Å²) >= 11 is 0. The number of aromatic nitrogens is 1. The number of nitriles is 1. The van der Waals surface area contributed by atoms with Gasteiger partial charge in [-0.05, 0) is 86.3 Å². The van der Waals surface area contributed by atoms with Crippen molar-refractivity contribution in [1.82, 2.24) is 9.88 Å². The highest BCUT2D eigenvalue weighted by Crippen LogP contribution is 2.28. The molecule has 0 saturated carbocycles. The molecule has 0 aliphatic heterocycles. The summed E-state index contributed by atoms with van der Waals surface area (Å²) in [6, 6.07) is 22.7. The average Bonchev–Trinajstić information content (AvgIpc) is 3.27. The Morgan fingerprint density at radius 2 is 1.68 bits per heavy atom. The molecule has 0 aliphatic carbocycles. The van der Waals surface area contributed by atoms with E-state index in [1.807, 2.05) is 63.2 Å². The van der Waals surface area contributed by atoms with Gasteiger partial charge in [-0.3, -0.25) is 0 Å². The molecule has 0 aliphatic rings. The van der Waals surface area contributed by atoms with Crippen LogP contribution >= 0.6 is 0 Å². The number of benzene rings is 3. The van der Waals surface area contributed by atoms with E-state index in [1.54, 1.807) is 24.3 Å². The van der Waals surface area contributed by atoms with Gasteiger partial charge in [0.15, 0.2) is 0 Å². The number of esters is 1. The van der Waals surface area contributed by atoms with E-state index < -0.39 is 11.7 Å². The lowest BCUT2D eigenvalue weighted by Gasteiger charge is -2.19. The van der Waals surface area contributed by atoms with E-state index in [-0.39, 0.29) is 5.97 Å². The van der Waals surface area contributed by atoms with Crippen molar-refractivity contribution < 1.29 is 23.8 Å². The third-order valence-electron chi connectivity index (χ3n) is 6.21. The number of rotatable bonds is 9. The van der Waals surface area contributed by atoms with Crippen LogP contribution in [0.25, 0.3) is 10.9 Å². The molecule has 0 unspecified atom stereocenters. The van der Waals surface area contributed by atoms with Crippen LogP contribution < -0.4 is 10.1 Å². The molecule has 8 heteroatoms. The van der Waals surface area contributed by atoms with Crippen LogP contribution in [0.2, 0.25) is 0 Å². The van der Waals surface area contributed by atoms with Gasteiger partial charge in [0.25, 0.3) is 0 Å². The Morgan fingerprint density at radius 1 is 0.975 bits per heavy atom. The standard InChI is InChI=1S/C32H33N3O5/c1-32(2,3)40-31(37)34-16-15-26-20-35(19-23-9-11-25(12-10-23)30(36)38-4)29-14-13-27(17-28(26)29)39-21-24-7-5-22(18-33)6-8-24/h5-14,17,20H,15-16,19,21H2,1-4H3,(H,34,37). The molecule has 206 valence electrons. The minimum Gasteiger partial charge on any atom is -0.489 e. The Hall–Kier alpha value is -4.77. The van der Waals surface area contributed by atoms with Gasteiger partial charge in [-0.2, -0.15) is 5.26 Å². The number of fused-ring (bicyclic) bond motifs is 1. The predicted octanol–water partition coefficient (Wildman–Crippen LogP) is 5.99. The number of hydrogen-bond acceptors (Lipinski definition) is 6. The summed E-state index contributed by atoms with van der Waals surface area (Å²) in [6.07, 6.45) is 2.23. The van der Waals surface area contributed by atoms with Gasteiger partial charge in [0.05, 0.1) is 24.3 Å². The molecular weight excluding hydrogens is 506 g/mol. The van der Waals surface area contributed by atoms with Gasteiger partial charge in [-0.15, -0.1) is 0 Å². The number of amides is 1. The first-order chi connectivity index (χ1) is 19.1. The number of carbonyl (C=O) groups excluding carboxylic acids is 2. The number of carbonyl (C=O) groups is 2. The Balaban J connectivity index is 1.55. The maximum Gasteiger partial charge on any atom is 0.407 e. The quantitative estimate of drug-likeness (QED) is 0.262. The van der Waals surface area contributed by atoms with Crippen molar-refractivity contribution in [3.05, 3.63) is 101 Å². The third kappa shape index (κ3) is 7.41. The summed E-state index contributed by atoms with van der Waals surface area (Å²) in [5, 5.41) is 12.9. The molecule has 8 nitrogen and oxygen atoms in total. The predicted molar refractivity (Wildman–Crippen MR) is 152 cm³/mol. The topological polar surface area (TPSA) is 103 Å². The highest BCUT2D eigenvalue weighted by atomic mass is 16.6. The highest BCUT2D eigenvalue weighted by Gasteiger charge is 2.16. The van der Waals surface area contributed by atoms with E-state index in [9.17, 15) is 9.59 Å². The van der Waals surface area contributed by atoms with Gasteiger partial charge in [-0.25, -0.2) is 9.59 Å². The largest absolute Gasteiger partial charge is 0.489 e. The Labute approximate surface area is 234 Å². The molecule has 0 atom stereocenters. The fourth-order valence-corrected chi connectivity index (χ4v) is 4.29. The lowest BCUT2D eigenvalue weighted by molar-refractivity contribution is 0.0527. The van der Waals surface area contributed by atoms with Gasteiger partial charge in [0.2, 0.25) is 0 Å². The van der Waals surface area contributed by atoms with Crippen molar-refractivity contribution in [3.8, 4) is 11.8 Å². The molecule has 1 N–H and O–H groups in total. The van der Waals surface area contributed by atoms with E-state index in [2.05, 4.69) is 22.1 Å². The molecule has 1 aromatic heterocycles. The monoisotopic (exact) mass is 539 g/mol. The zero-order chi connectivity index (χ0) is 28.7. The van der Waals surface area contributed by atoms with Crippen LogP contribution in [0.3, 0.4) is 0 Å². The SMILES string of the molecule is COC(=O)c1ccc(Cn2cc(CCNC(=O)OC(C)(C)C)c3cc(OCc4ccc(C#N)cc4)ccc32)cc1. The summed E-state index contributed by atoms with van der Waals surface area (Å²) < 4.78 is 18.4. The second-order valence-electron chi connectivity index (χ2n) is 10.4. The summed E-state index contributed by atoms with van der Waals surface area (Å²) in [4.78, 5) is 24.0. The molecule has 0 bridgehead atoms. The van der Waals surface area contributed by atoms with E-state index in [4.69, 9.17) is 19.5 Å². The molecule has 3 aromatic carbocycles. The first-order valence-electron chi connectivity index (χ1n) is 13.0. The van der Waals surface area contributed by atoms with Gasteiger partial charge in [0.1, 0.15) is 18.0 Å².